The second-order valence-corrected chi connectivity index (χ2v) is 7.96. The van der Waals surface area contributed by atoms with Gasteiger partial charge >= 0.3 is 0 Å². The molecule has 132 valence electrons. The Morgan fingerprint density at radius 1 is 1.42 bits per heavy atom. The maximum absolute atomic E-state index is 12.6. The van der Waals surface area contributed by atoms with Crippen LogP contribution in [-0.4, -0.2) is 59.3 Å². The standard InChI is InChI=1S/C17H25N3O3S/c1-12-16(24-11-18-12)10-19-6-4-13-8-14(23-15(13)9-19)17(21)20-5-2-3-7-22-20/h11,13-15H,2-10H2,1H3/t13-,14-,15+/m1/s1. The molecule has 1 aromatic heterocycles. The van der Waals surface area contributed by atoms with E-state index in [1.54, 1.807) is 11.3 Å². The molecule has 0 aromatic carbocycles. The molecular formula is C17H25N3O3S. The van der Waals surface area contributed by atoms with Crippen LogP contribution in [0.5, 0.6) is 0 Å². The molecule has 3 fully saturated rings. The number of rotatable bonds is 3. The second-order valence-electron chi connectivity index (χ2n) is 7.02. The summed E-state index contributed by atoms with van der Waals surface area (Å²) >= 11 is 1.72. The molecule has 0 unspecified atom stereocenters. The third kappa shape index (κ3) is 3.35. The van der Waals surface area contributed by atoms with Crippen LogP contribution in [0.2, 0.25) is 0 Å². The van der Waals surface area contributed by atoms with Gasteiger partial charge in [-0.2, -0.15) is 0 Å². The minimum Gasteiger partial charge on any atom is -0.363 e. The van der Waals surface area contributed by atoms with Gasteiger partial charge < -0.3 is 4.74 Å². The Morgan fingerprint density at radius 2 is 2.33 bits per heavy atom. The molecule has 7 heteroatoms. The van der Waals surface area contributed by atoms with Crippen molar-refractivity contribution in [1.82, 2.24) is 14.9 Å². The van der Waals surface area contributed by atoms with Gasteiger partial charge in [-0.15, -0.1) is 11.3 Å². The van der Waals surface area contributed by atoms with Gasteiger partial charge in [0.05, 0.1) is 23.9 Å². The van der Waals surface area contributed by atoms with Crippen molar-refractivity contribution in [3.63, 3.8) is 0 Å². The highest BCUT2D eigenvalue weighted by atomic mass is 32.1. The molecule has 0 spiro atoms. The SMILES string of the molecule is Cc1ncsc1CN1CC[C@@H]2C[C@H](C(=O)N3CCCCO3)O[C@H]2C1. The highest BCUT2D eigenvalue weighted by Crippen LogP contribution is 2.35. The van der Waals surface area contributed by atoms with Gasteiger partial charge in [0.1, 0.15) is 6.10 Å². The summed E-state index contributed by atoms with van der Waals surface area (Å²) in [6.45, 7) is 6.34. The Kier molecular flexibility index (Phi) is 4.85. The van der Waals surface area contributed by atoms with Gasteiger partial charge in [-0.25, -0.2) is 10.0 Å². The molecule has 4 rings (SSSR count). The number of hydrogen-bond donors (Lipinski definition) is 0. The van der Waals surface area contributed by atoms with Gasteiger partial charge in [-0.1, -0.05) is 0 Å². The molecule has 1 amide bonds. The average Bonchev–Trinajstić information content (AvgIpc) is 3.21. The van der Waals surface area contributed by atoms with E-state index in [-0.39, 0.29) is 18.1 Å². The number of fused-ring (bicyclic) bond motifs is 1. The van der Waals surface area contributed by atoms with Crippen molar-refractivity contribution < 1.29 is 14.4 Å². The lowest BCUT2D eigenvalue weighted by atomic mass is 9.91. The number of amides is 1. The number of aromatic nitrogens is 1. The zero-order valence-electron chi connectivity index (χ0n) is 14.1. The second kappa shape index (κ2) is 7.07. The Morgan fingerprint density at radius 3 is 3.08 bits per heavy atom. The number of nitrogens with zero attached hydrogens (tertiary/aromatic N) is 3. The van der Waals surface area contributed by atoms with Gasteiger partial charge in [0.25, 0.3) is 5.91 Å². The quantitative estimate of drug-likeness (QED) is 0.834. The number of piperidine rings is 1. The van der Waals surface area contributed by atoms with Crippen molar-refractivity contribution in [2.75, 3.05) is 26.2 Å². The van der Waals surface area contributed by atoms with E-state index < -0.39 is 0 Å². The average molecular weight is 351 g/mol. The van der Waals surface area contributed by atoms with Crippen LogP contribution >= 0.6 is 11.3 Å². The lowest BCUT2D eigenvalue weighted by molar-refractivity contribution is -0.206. The summed E-state index contributed by atoms with van der Waals surface area (Å²) in [5.74, 6) is 0.525. The lowest BCUT2D eigenvalue weighted by Crippen LogP contribution is -2.43. The predicted molar refractivity (Wildman–Crippen MR) is 90.4 cm³/mol. The van der Waals surface area contributed by atoms with Crippen molar-refractivity contribution in [2.45, 2.75) is 51.4 Å². The van der Waals surface area contributed by atoms with Crippen LogP contribution in [0.25, 0.3) is 0 Å². The van der Waals surface area contributed by atoms with E-state index >= 15 is 0 Å². The topological polar surface area (TPSA) is 54.9 Å². The monoisotopic (exact) mass is 351 g/mol. The minimum absolute atomic E-state index is 0.0222. The van der Waals surface area contributed by atoms with E-state index in [0.29, 0.717) is 19.1 Å². The van der Waals surface area contributed by atoms with Gasteiger partial charge in [-0.3, -0.25) is 14.5 Å². The molecule has 6 nitrogen and oxygen atoms in total. The summed E-state index contributed by atoms with van der Waals surface area (Å²) in [5, 5.41) is 1.53. The van der Waals surface area contributed by atoms with Crippen LogP contribution < -0.4 is 0 Å². The fourth-order valence-corrected chi connectivity index (χ4v) is 4.73. The van der Waals surface area contributed by atoms with Gasteiger partial charge in [-0.05, 0) is 45.1 Å². The molecular weight excluding hydrogens is 326 g/mol. The van der Waals surface area contributed by atoms with Crippen LogP contribution in [0.3, 0.4) is 0 Å². The first kappa shape index (κ1) is 16.4. The highest BCUT2D eigenvalue weighted by molar-refractivity contribution is 7.09. The molecule has 1 aromatic rings. The van der Waals surface area contributed by atoms with E-state index in [9.17, 15) is 4.79 Å². The molecule has 4 heterocycles. The Balaban J connectivity index is 1.33. The van der Waals surface area contributed by atoms with Gasteiger partial charge in [0, 0.05) is 24.5 Å². The first-order valence-corrected chi connectivity index (χ1v) is 9.80. The van der Waals surface area contributed by atoms with E-state index in [2.05, 4.69) is 16.8 Å². The minimum atomic E-state index is -0.316. The van der Waals surface area contributed by atoms with Gasteiger partial charge in [0.15, 0.2) is 0 Å². The number of aryl methyl sites for hydroxylation is 1. The lowest BCUT2D eigenvalue weighted by Gasteiger charge is -2.33. The fourth-order valence-electron chi connectivity index (χ4n) is 3.91. The highest BCUT2D eigenvalue weighted by Gasteiger charge is 2.43. The molecule has 0 saturated carbocycles. The predicted octanol–water partition coefficient (Wildman–Crippen LogP) is 1.98. The normalized spacial score (nSPS) is 31.2. The van der Waals surface area contributed by atoms with Crippen molar-refractivity contribution in [2.24, 2.45) is 5.92 Å². The number of carbonyl (C=O) groups is 1. The number of likely N-dealkylation sites (tertiary alicyclic amines) is 1. The molecule has 3 aliphatic rings. The number of hydrogen-bond acceptors (Lipinski definition) is 6. The summed E-state index contributed by atoms with van der Waals surface area (Å²) < 4.78 is 6.13. The van der Waals surface area contributed by atoms with Crippen LogP contribution in [0, 0.1) is 12.8 Å². The fraction of sp³-hybridized carbons (Fsp3) is 0.765. The van der Waals surface area contributed by atoms with Crippen molar-refractivity contribution in [3.05, 3.63) is 16.1 Å². The van der Waals surface area contributed by atoms with Crippen LogP contribution in [0.4, 0.5) is 0 Å². The zero-order chi connectivity index (χ0) is 16.5. The third-order valence-electron chi connectivity index (χ3n) is 5.37. The summed E-state index contributed by atoms with van der Waals surface area (Å²) in [6, 6.07) is 0. The van der Waals surface area contributed by atoms with E-state index in [0.717, 1.165) is 51.0 Å². The zero-order valence-corrected chi connectivity index (χ0v) is 15.0. The Labute approximate surface area is 146 Å². The van der Waals surface area contributed by atoms with Crippen molar-refractivity contribution in [3.8, 4) is 0 Å². The summed E-state index contributed by atoms with van der Waals surface area (Å²) in [5.41, 5.74) is 3.04. The number of thiazole rings is 1. The van der Waals surface area contributed by atoms with Crippen molar-refractivity contribution in [1.29, 1.82) is 0 Å². The van der Waals surface area contributed by atoms with E-state index in [4.69, 9.17) is 9.57 Å². The van der Waals surface area contributed by atoms with Crippen molar-refractivity contribution >= 4 is 17.2 Å². The molecule has 0 aliphatic carbocycles. The summed E-state index contributed by atoms with van der Waals surface area (Å²) in [7, 11) is 0. The first-order chi connectivity index (χ1) is 11.7. The molecule has 0 N–H and O–H groups in total. The van der Waals surface area contributed by atoms with Crippen LogP contribution in [0.15, 0.2) is 5.51 Å². The third-order valence-corrected chi connectivity index (χ3v) is 6.29. The first-order valence-electron chi connectivity index (χ1n) is 8.92. The molecule has 24 heavy (non-hydrogen) atoms. The number of hydroxylamine groups is 2. The molecule has 0 radical (unpaired) electrons. The smallest absolute Gasteiger partial charge is 0.275 e. The number of ether oxygens (including phenoxy) is 1. The van der Waals surface area contributed by atoms with Crippen LogP contribution in [0.1, 0.15) is 36.3 Å². The molecule has 0 bridgehead atoms. The number of carbonyl (C=O) groups excluding carboxylic acids is 1. The van der Waals surface area contributed by atoms with Crippen LogP contribution in [-0.2, 0) is 20.9 Å². The van der Waals surface area contributed by atoms with Gasteiger partial charge in [0.2, 0.25) is 0 Å². The summed E-state index contributed by atoms with van der Waals surface area (Å²) in [4.78, 5) is 26.2. The maximum Gasteiger partial charge on any atom is 0.275 e. The Hall–Kier alpha value is -1.02. The largest absolute Gasteiger partial charge is 0.363 e. The Bertz CT molecular complexity index is 587. The molecule has 3 atom stereocenters. The summed E-state index contributed by atoms with van der Waals surface area (Å²) in [6.07, 6.45) is 3.86. The maximum atomic E-state index is 12.6. The molecule has 3 saturated heterocycles. The van der Waals surface area contributed by atoms with E-state index in [1.165, 1.54) is 9.94 Å². The van der Waals surface area contributed by atoms with E-state index in [1.807, 2.05) is 5.51 Å². The molecule has 3 aliphatic heterocycles.